The molecule has 6 rings (SSSR count). The van der Waals surface area contributed by atoms with Gasteiger partial charge in [0.1, 0.15) is 6.54 Å². The molecular formula is C40H42Cl2F3N3O. The Morgan fingerprint density at radius 3 is 2.04 bits per heavy atom. The third-order valence-electron chi connectivity index (χ3n) is 9.66. The summed E-state index contributed by atoms with van der Waals surface area (Å²) < 4.78 is 39.2. The third kappa shape index (κ3) is 8.58. The minimum Gasteiger partial charge on any atom is -0.379 e. The molecule has 0 atom stereocenters. The number of piperidine rings is 1. The smallest absolute Gasteiger partial charge is 0.379 e. The fourth-order valence-electron chi connectivity index (χ4n) is 7.15. The van der Waals surface area contributed by atoms with Crippen molar-refractivity contribution in [1.82, 2.24) is 15.5 Å². The molecule has 2 aliphatic rings. The molecule has 0 radical (unpaired) electrons. The number of carbonyl (C=O) groups is 1. The van der Waals surface area contributed by atoms with E-state index in [4.69, 9.17) is 23.2 Å². The lowest BCUT2D eigenvalue weighted by Gasteiger charge is -2.36. The van der Waals surface area contributed by atoms with Crippen LogP contribution in [0.5, 0.6) is 0 Å². The van der Waals surface area contributed by atoms with Crippen LogP contribution < -0.4 is 10.6 Å². The second-order valence-corrected chi connectivity index (χ2v) is 13.5. The largest absolute Gasteiger partial charge is 0.405 e. The molecule has 4 nitrogen and oxygen atoms in total. The van der Waals surface area contributed by atoms with Gasteiger partial charge in [0.25, 0.3) is 0 Å². The number of unbranched alkanes of at least 4 members (excludes halogenated alkanes) is 1. The highest BCUT2D eigenvalue weighted by Gasteiger charge is 2.45. The lowest BCUT2D eigenvalue weighted by Crippen LogP contribution is -2.41. The van der Waals surface area contributed by atoms with Gasteiger partial charge in [-0.3, -0.25) is 4.79 Å². The van der Waals surface area contributed by atoms with Crippen LogP contribution in [0.15, 0.2) is 103 Å². The second kappa shape index (κ2) is 16.4. The normalized spacial score (nSPS) is 15.5. The number of nitrogens with one attached hydrogen (secondary N) is 2. The van der Waals surface area contributed by atoms with E-state index in [1.807, 2.05) is 55.6 Å². The Balaban J connectivity index is 0.000000244. The van der Waals surface area contributed by atoms with Gasteiger partial charge in [-0.2, -0.15) is 13.2 Å². The van der Waals surface area contributed by atoms with Gasteiger partial charge < -0.3 is 15.5 Å². The first-order valence-electron chi connectivity index (χ1n) is 16.7. The number of rotatable bonds is 11. The van der Waals surface area contributed by atoms with Crippen molar-refractivity contribution in [3.05, 3.63) is 130 Å². The summed E-state index contributed by atoms with van der Waals surface area (Å²) in [6.07, 6.45) is 1.53. The van der Waals surface area contributed by atoms with Crippen LogP contribution >= 0.6 is 23.2 Å². The predicted octanol–water partition coefficient (Wildman–Crippen LogP) is 9.95. The van der Waals surface area contributed by atoms with Crippen molar-refractivity contribution >= 4 is 29.5 Å². The number of hydrogen-bond donors (Lipinski definition) is 2. The summed E-state index contributed by atoms with van der Waals surface area (Å²) >= 11 is 11.9. The van der Waals surface area contributed by atoms with Crippen molar-refractivity contribution in [2.24, 2.45) is 0 Å². The number of alkyl halides is 3. The second-order valence-electron chi connectivity index (χ2n) is 12.6. The van der Waals surface area contributed by atoms with E-state index in [9.17, 15) is 18.0 Å². The van der Waals surface area contributed by atoms with Gasteiger partial charge >= 0.3 is 6.18 Å². The van der Waals surface area contributed by atoms with Crippen molar-refractivity contribution in [3.63, 3.8) is 0 Å². The maximum atomic E-state index is 13.1. The molecule has 0 aromatic heterocycles. The van der Waals surface area contributed by atoms with E-state index < -0.39 is 18.1 Å². The molecule has 0 amide bonds. The lowest BCUT2D eigenvalue weighted by molar-refractivity contribution is -0.123. The van der Waals surface area contributed by atoms with Crippen LogP contribution in [-0.2, 0) is 5.41 Å². The van der Waals surface area contributed by atoms with Crippen molar-refractivity contribution in [3.8, 4) is 22.3 Å². The number of hydrogen-bond acceptors (Lipinski definition) is 4. The number of aldehydes is 1. The minimum absolute atomic E-state index is 0.437. The zero-order valence-corrected chi connectivity index (χ0v) is 29.1. The van der Waals surface area contributed by atoms with Gasteiger partial charge in [0, 0.05) is 32.9 Å². The molecule has 1 aliphatic carbocycles. The third-order valence-corrected chi connectivity index (χ3v) is 10.2. The van der Waals surface area contributed by atoms with Crippen molar-refractivity contribution < 1.29 is 18.0 Å². The van der Waals surface area contributed by atoms with E-state index >= 15 is 0 Å². The summed E-state index contributed by atoms with van der Waals surface area (Å²) in [5.74, 6) is 0. The summed E-state index contributed by atoms with van der Waals surface area (Å²) in [5, 5.41) is 7.14. The average Bonchev–Trinajstić information content (AvgIpc) is 3.40. The highest BCUT2D eigenvalue weighted by atomic mass is 35.5. The van der Waals surface area contributed by atoms with E-state index in [1.165, 1.54) is 12.8 Å². The van der Waals surface area contributed by atoms with E-state index in [0.717, 1.165) is 78.6 Å². The number of nitrogens with zero attached hydrogens (tertiary/aromatic N) is 1. The van der Waals surface area contributed by atoms with Gasteiger partial charge in [0.05, 0.1) is 5.41 Å². The number of likely N-dealkylation sites (tertiary alicyclic amines) is 1. The lowest BCUT2D eigenvalue weighted by atomic mass is 9.72. The van der Waals surface area contributed by atoms with Crippen LogP contribution in [0.25, 0.3) is 22.3 Å². The molecular weight excluding hydrogens is 666 g/mol. The van der Waals surface area contributed by atoms with E-state index in [1.54, 1.807) is 18.2 Å². The molecule has 1 aliphatic heterocycles. The average molecular weight is 709 g/mol. The Morgan fingerprint density at radius 2 is 1.47 bits per heavy atom. The molecule has 9 heteroatoms. The minimum atomic E-state index is -4.29. The summed E-state index contributed by atoms with van der Waals surface area (Å²) in [4.78, 5) is 13.4. The van der Waals surface area contributed by atoms with E-state index in [2.05, 4.69) is 46.4 Å². The molecule has 49 heavy (non-hydrogen) atoms. The molecule has 1 heterocycles. The molecule has 1 saturated heterocycles. The number of halogens is 5. The van der Waals surface area contributed by atoms with Gasteiger partial charge in [-0.15, -0.1) is 0 Å². The topological polar surface area (TPSA) is 44.4 Å². The van der Waals surface area contributed by atoms with Gasteiger partial charge in [0.15, 0.2) is 6.29 Å². The molecule has 4 aromatic rings. The van der Waals surface area contributed by atoms with Crippen LogP contribution in [0.2, 0.25) is 10.0 Å². The van der Waals surface area contributed by atoms with Crippen LogP contribution in [0.4, 0.5) is 13.2 Å². The van der Waals surface area contributed by atoms with Gasteiger partial charge in [-0.25, -0.2) is 0 Å². The maximum Gasteiger partial charge on any atom is 0.405 e. The summed E-state index contributed by atoms with van der Waals surface area (Å²) in [6, 6.07) is 29.3. The molecule has 2 N–H and O–H groups in total. The van der Waals surface area contributed by atoms with Crippen LogP contribution in [0, 0.1) is 0 Å². The summed E-state index contributed by atoms with van der Waals surface area (Å²) in [7, 11) is 2.02. The fourth-order valence-corrected chi connectivity index (χ4v) is 7.66. The molecule has 1 fully saturated rings. The highest BCUT2D eigenvalue weighted by Crippen LogP contribution is 2.54. The van der Waals surface area contributed by atoms with Crippen LogP contribution in [0.3, 0.4) is 0 Å². The zero-order chi connectivity index (χ0) is 35.0. The Kier molecular flexibility index (Phi) is 12.3. The Morgan fingerprint density at radius 1 is 0.878 bits per heavy atom. The fraction of sp³-hybridized carbons (Fsp3) is 0.325. The molecule has 0 bridgehead atoms. The van der Waals surface area contributed by atoms with Crippen LogP contribution in [0.1, 0.15) is 53.6 Å². The van der Waals surface area contributed by atoms with Gasteiger partial charge in [-0.05, 0) is 92.3 Å². The molecule has 4 aromatic carbocycles. The number of allylic oxidation sites excluding steroid dienone is 1. The quantitative estimate of drug-likeness (QED) is 0.120. The van der Waals surface area contributed by atoms with Gasteiger partial charge in [-0.1, -0.05) is 115 Å². The Hall–Kier alpha value is -3.62. The SMILES string of the molecule is C=C(NCC(F)(F)F)C1(CCCCN2CCC(NC)CC2)c2ccccc2-c2ccccc21.O=Cc1ccccc1-c1ccc(Cl)cc1Cl. The van der Waals surface area contributed by atoms with Crippen molar-refractivity contribution in [1.29, 1.82) is 0 Å². The maximum absolute atomic E-state index is 13.1. The molecule has 0 saturated carbocycles. The van der Waals surface area contributed by atoms with E-state index in [0.29, 0.717) is 27.3 Å². The standard InChI is InChI=1S/C27H34F3N3.C13H8Cl2O/c1-20(32-19-27(28,29)30)26(15-7-8-16-33-17-13-21(31-2)14-18-33)24-11-5-3-9-22(24)23-10-4-6-12-25(23)26;14-10-5-6-12(13(15)7-10)11-4-2-1-3-9(11)8-16/h3-6,9-12,21,31-32H,1,7-8,13-19H2,2H3;1-8H. The highest BCUT2D eigenvalue weighted by molar-refractivity contribution is 6.36. The first-order valence-corrected chi connectivity index (χ1v) is 17.4. The zero-order valence-electron chi connectivity index (χ0n) is 27.6. The van der Waals surface area contributed by atoms with Crippen LogP contribution in [-0.4, -0.2) is 56.6 Å². The summed E-state index contributed by atoms with van der Waals surface area (Å²) in [6.45, 7) is 6.32. The van der Waals surface area contributed by atoms with E-state index in [-0.39, 0.29) is 0 Å². The summed E-state index contributed by atoms with van der Waals surface area (Å²) in [5.41, 5.74) is 6.33. The molecule has 0 unspecified atom stereocenters. The first-order chi connectivity index (χ1) is 23.6. The number of fused-ring (bicyclic) bond motifs is 3. The van der Waals surface area contributed by atoms with Crippen molar-refractivity contribution in [2.75, 3.05) is 33.2 Å². The monoisotopic (exact) mass is 707 g/mol. The van der Waals surface area contributed by atoms with Gasteiger partial charge in [0.2, 0.25) is 0 Å². The number of carbonyl (C=O) groups excluding carboxylic acids is 1. The number of benzene rings is 4. The Labute approximate surface area is 297 Å². The van der Waals surface area contributed by atoms with Crippen molar-refractivity contribution in [2.45, 2.75) is 49.7 Å². The Bertz CT molecular complexity index is 1710. The predicted molar refractivity (Wildman–Crippen MR) is 196 cm³/mol. The molecule has 0 spiro atoms. The first kappa shape index (κ1) is 36.7. The molecule has 258 valence electrons.